The molecule has 0 aliphatic carbocycles. The number of fused-ring (bicyclic) bond motifs is 2. The van der Waals surface area contributed by atoms with E-state index >= 15 is 0 Å². The maximum Gasteiger partial charge on any atom is 0.328 e. The summed E-state index contributed by atoms with van der Waals surface area (Å²) in [5, 5.41) is 0.963. The van der Waals surface area contributed by atoms with Gasteiger partial charge in [0, 0.05) is 31.1 Å². The van der Waals surface area contributed by atoms with Gasteiger partial charge < -0.3 is 0 Å². The molecule has 0 saturated heterocycles. The Balaban J connectivity index is 1.90. The number of hydrogen-bond donors (Lipinski definition) is 0. The van der Waals surface area contributed by atoms with Crippen LogP contribution >= 0.6 is 0 Å². The normalized spacial score (nSPS) is 12.6. The summed E-state index contributed by atoms with van der Waals surface area (Å²) in [4.78, 5) is 38.4. The zero-order chi connectivity index (χ0) is 21.0. The molecule has 29 heavy (non-hydrogen) atoms. The molecule has 0 saturated carbocycles. The lowest BCUT2D eigenvalue weighted by molar-refractivity contribution is 0.0935. The van der Waals surface area contributed by atoms with Crippen LogP contribution in [-0.4, -0.2) is 19.5 Å². The highest BCUT2D eigenvalue weighted by Crippen LogP contribution is 2.25. The first-order valence-electron chi connectivity index (χ1n) is 9.53. The summed E-state index contributed by atoms with van der Waals surface area (Å²) in [6.07, 6.45) is 0. The number of ketones is 1. The summed E-state index contributed by atoms with van der Waals surface area (Å²) in [6, 6.07) is 12.0. The lowest BCUT2D eigenvalue weighted by Gasteiger charge is -2.19. The number of carbonyl (C=O) groups is 1. The minimum Gasteiger partial charge on any atom is -0.297 e. The predicted molar refractivity (Wildman–Crippen MR) is 115 cm³/mol. The van der Waals surface area contributed by atoms with Gasteiger partial charge in [0.15, 0.2) is 5.78 Å². The van der Waals surface area contributed by atoms with Gasteiger partial charge in [-0.3, -0.25) is 23.3 Å². The summed E-state index contributed by atoms with van der Waals surface area (Å²) in [5.74, 6) is -0.168. The monoisotopic (exact) mass is 389 g/mol. The number of aryl methyl sites for hydroxylation is 4. The fourth-order valence-corrected chi connectivity index (χ4v) is 4.14. The first-order valence-corrected chi connectivity index (χ1v) is 9.53. The van der Waals surface area contributed by atoms with E-state index in [-0.39, 0.29) is 17.0 Å². The van der Waals surface area contributed by atoms with Crippen molar-refractivity contribution in [1.82, 2.24) is 13.7 Å². The molecule has 6 heteroatoms. The maximum atomic E-state index is 13.3. The number of hydrogen-bond acceptors (Lipinski definition) is 3. The molecule has 1 unspecified atom stereocenters. The minimum absolute atomic E-state index is 0.144. The van der Waals surface area contributed by atoms with Gasteiger partial charge in [-0.25, -0.2) is 4.79 Å². The fourth-order valence-electron chi connectivity index (χ4n) is 4.14. The third kappa shape index (κ3) is 2.75. The van der Waals surface area contributed by atoms with Gasteiger partial charge in [-0.2, -0.15) is 0 Å². The van der Waals surface area contributed by atoms with Crippen LogP contribution < -0.4 is 11.2 Å². The number of pyridine rings is 1. The number of benzene rings is 2. The average molecular weight is 389 g/mol. The number of para-hydroxylation sites is 1. The van der Waals surface area contributed by atoms with Gasteiger partial charge in [-0.15, -0.1) is 0 Å². The van der Waals surface area contributed by atoms with E-state index in [9.17, 15) is 14.4 Å². The summed E-state index contributed by atoms with van der Waals surface area (Å²) in [5.41, 5.74) is 4.21. The van der Waals surface area contributed by atoms with Crippen LogP contribution in [0.15, 0.2) is 52.1 Å². The van der Waals surface area contributed by atoms with Crippen LogP contribution in [0.5, 0.6) is 0 Å². The molecule has 0 radical (unpaired) electrons. The fraction of sp³-hybridized carbons (Fsp3) is 0.261. The van der Waals surface area contributed by atoms with Gasteiger partial charge >= 0.3 is 5.69 Å². The number of nitrogens with zero attached hydrogens (tertiary/aromatic N) is 3. The van der Waals surface area contributed by atoms with Crippen molar-refractivity contribution in [3.8, 4) is 0 Å². The van der Waals surface area contributed by atoms with E-state index in [1.807, 2.05) is 32.0 Å². The first kappa shape index (κ1) is 18.9. The zero-order valence-corrected chi connectivity index (χ0v) is 17.2. The van der Waals surface area contributed by atoms with Crippen LogP contribution in [0.3, 0.4) is 0 Å². The average Bonchev–Trinajstić information content (AvgIpc) is 2.91. The van der Waals surface area contributed by atoms with E-state index in [0.29, 0.717) is 11.1 Å². The lowest BCUT2D eigenvalue weighted by atomic mass is 10.0. The van der Waals surface area contributed by atoms with Crippen molar-refractivity contribution in [3.05, 3.63) is 80.0 Å². The second kappa shape index (κ2) is 6.58. The molecule has 1 atom stereocenters. The Labute approximate surface area is 167 Å². The topological polar surface area (TPSA) is 66.0 Å². The lowest BCUT2D eigenvalue weighted by Crippen LogP contribution is -2.29. The summed E-state index contributed by atoms with van der Waals surface area (Å²) in [7, 11) is 3.39. The van der Waals surface area contributed by atoms with Crippen molar-refractivity contribution in [1.29, 1.82) is 0 Å². The standard InChI is InChI=1S/C23H23N3O3/c1-13-7-6-8-17-14(2)11-20(27)26(21(13)17)15(3)22(28)16-9-10-18-19(12-16)25(5)23(29)24(18)4/h6-12,15H,1-5H3. The van der Waals surface area contributed by atoms with Crippen LogP contribution in [0.4, 0.5) is 0 Å². The Morgan fingerprint density at radius 3 is 2.31 bits per heavy atom. The number of rotatable bonds is 3. The number of aromatic nitrogens is 3. The van der Waals surface area contributed by atoms with Crippen molar-refractivity contribution < 1.29 is 4.79 Å². The Morgan fingerprint density at radius 2 is 1.59 bits per heavy atom. The highest BCUT2D eigenvalue weighted by atomic mass is 16.2. The number of carbonyl (C=O) groups excluding carboxylic acids is 1. The van der Waals surface area contributed by atoms with Gasteiger partial charge in [0.1, 0.15) is 0 Å². The van der Waals surface area contributed by atoms with Gasteiger partial charge in [0.05, 0.1) is 22.6 Å². The molecule has 2 aromatic carbocycles. The Hall–Kier alpha value is -3.41. The summed E-state index contributed by atoms with van der Waals surface area (Å²) < 4.78 is 4.65. The van der Waals surface area contributed by atoms with Gasteiger partial charge in [0.2, 0.25) is 0 Å². The van der Waals surface area contributed by atoms with Crippen LogP contribution in [0.1, 0.15) is 34.5 Å². The second-order valence-electron chi connectivity index (χ2n) is 7.65. The molecule has 0 N–H and O–H groups in total. The van der Waals surface area contributed by atoms with Crippen molar-refractivity contribution in [2.24, 2.45) is 14.1 Å². The molecule has 2 aromatic heterocycles. The van der Waals surface area contributed by atoms with Crippen LogP contribution in [0, 0.1) is 13.8 Å². The van der Waals surface area contributed by atoms with Crippen molar-refractivity contribution in [2.75, 3.05) is 0 Å². The SMILES string of the molecule is Cc1cc(=O)n(C(C)C(=O)c2ccc3c(c2)n(C)c(=O)n3C)c2c(C)cccc12. The molecule has 0 amide bonds. The molecule has 0 fully saturated rings. The van der Waals surface area contributed by atoms with E-state index < -0.39 is 6.04 Å². The van der Waals surface area contributed by atoms with E-state index in [1.54, 1.807) is 54.4 Å². The largest absolute Gasteiger partial charge is 0.328 e. The molecule has 4 rings (SSSR count). The Bertz CT molecular complexity index is 1420. The zero-order valence-electron chi connectivity index (χ0n) is 17.2. The highest BCUT2D eigenvalue weighted by molar-refractivity contribution is 6.02. The molecule has 0 bridgehead atoms. The Kier molecular flexibility index (Phi) is 4.30. The Morgan fingerprint density at radius 1 is 0.897 bits per heavy atom. The quantitative estimate of drug-likeness (QED) is 0.505. The van der Waals surface area contributed by atoms with Gasteiger partial charge in [-0.05, 0) is 50.1 Å². The van der Waals surface area contributed by atoms with Gasteiger partial charge in [0.25, 0.3) is 5.56 Å². The van der Waals surface area contributed by atoms with Crippen molar-refractivity contribution >= 4 is 27.7 Å². The predicted octanol–water partition coefficient (Wildman–Crippen LogP) is 3.25. The molecule has 4 aromatic rings. The van der Waals surface area contributed by atoms with Crippen molar-refractivity contribution in [3.63, 3.8) is 0 Å². The third-order valence-electron chi connectivity index (χ3n) is 5.80. The number of Topliss-reactive ketones (excluding diaryl/α,β-unsaturated/α-hetero) is 1. The van der Waals surface area contributed by atoms with E-state index in [0.717, 1.165) is 27.5 Å². The van der Waals surface area contributed by atoms with Crippen LogP contribution in [-0.2, 0) is 14.1 Å². The smallest absolute Gasteiger partial charge is 0.297 e. The molecule has 148 valence electrons. The molecule has 6 nitrogen and oxygen atoms in total. The summed E-state index contributed by atoms with van der Waals surface area (Å²) in [6.45, 7) is 5.60. The van der Waals surface area contributed by atoms with Gasteiger partial charge in [-0.1, -0.05) is 18.2 Å². The van der Waals surface area contributed by atoms with Crippen LogP contribution in [0.2, 0.25) is 0 Å². The molecule has 0 aliphatic heterocycles. The van der Waals surface area contributed by atoms with E-state index in [1.165, 1.54) is 4.57 Å². The van der Waals surface area contributed by atoms with Crippen molar-refractivity contribution in [2.45, 2.75) is 26.8 Å². The third-order valence-corrected chi connectivity index (χ3v) is 5.80. The molecular weight excluding hydrogens is 366 g/mol. The van der Waals surface area contributed by atoms with E-state index in [4.69, 9.17) is 0 Å². The highest BCUT2D eigenvalue weighted by Gasteiger charge is 2.22. The molecule has 2 heterocycles. The minimum atomic E-state index is -0.676. The first-order chi connectivity index (χ1) is 13.7. The summed E-state index contributed by atoms with van der Waals surface area (Å²) >= 11 is 0. The maximum absolute atomic E-state index is 13.3. The molecule has 0 spiro atoms. The molecule has 0 aliphatic rings. The second-order valence-corrected chi connectivity index (χ2v) is 7.65. The number of imidazole rings is 1. The van der Waals surface area contributed by atoms with E-state index in [2.05, 4.69) is 0 Å². The van der Waals surface area contributed by atoms with Crippen LogP contribution in [0.25, 0.3) is 21.9 Å². The molecular formula is C23H23N3O3.